The average Bonchev–Trinajstić information content (AvgIpc) is 2.34. The summed E-state index contributed by atoms with van der Waals surface area (Å²) in [5.74, 6) is 0.673. The maximum Gasteiger partial charge on any atom is 0.147 e. The third-order valence-corrected chi connectivity index (χ3v) is 2.79. The first-order valence-electron chi connectivity index (χ1n) is 5.84. The topological polar surface area (TPSA) is 56.6 Å². The first kappa shape index (κ1) is 14.2. The SMILES string of the molecule is CCCCN(CCO)c1ncc(CO)cc1Cl. The molecular formula is C12H19ClN2O2. The Morgan fingerprint density at radius 1 is 1.35 bits per heavy atom. The molecule has 96 valence electrons. The van der Waals surface area contributed by atoms with Gasteiger partial charge in [0.15, 0.2) is 0 Å². The van der Waals surface area contributed by atoms with E-state index < -0.39 is 0 Å². The summed E-state index contributed by atoms with van der Waals surface area (Å²) < 4.78 is 0. The van der Waals surface area contributed by atoms with Crippen molar-refractivity contribution < 1.29 is 10.2 Å². The average molecular weight is 259 g/mol. The van der Waals surface area contributed by atoms with Gasteiger partial charge >= 0.3 is 0 Å². The Labute approximate surface area is 107 Å². The van der Waals surface area contributed by atoms with Crippen LogP contribution < -0.4 is 4.90 Å². The lowest BCUT2D eigenvalue weighted by atomic mass is 10.2. The van der Waals surface area contributed by atoms with Crippen molar-refractivity contribution in [3.05, 3.63) is 22.8 Å². The van der Waals surface area contributed by atoms with Crippen LogP contribution in [0.1, 0.15) is 25.3 Å². The smallest absolute Gasteiger partial charge is 0.147 e. The number of pyridine rings is 1. The lowest BCUT2D eigenvalue weighted by Gasteiger charge is -2.23. The van der Waals surface area contributed by atoms with Gasteiger partial charge in [0.1, 0.15) is 5.82 Å². The van der Waals surface area contributed by atoms with Crippen molar-refractivity contribution in [2.45, 2.75) is 26.4 Å². The molecule has 4 nitrogen and oxygen atoms in total. The summed E-state index contributed by atoms with van der Waals surface area (Å²) in [5, 5.41) is 18.5. The second kappa shape index (κ2) is 7.48. The van der Waals surface area contributed by atoms with Gasteiger partial charge < -0.3 is 15.1 Å². The molecule has 0 fully saturated rings. The Hall–Kier alpha value is -0.840. The number of aliphatic hydroxyl groups is 2. The molecule has 1 aromatic heterocycles. The molecule has 0 amide bonds. The van der Waals surface area contributed by atoms with Gasteiger partial charge in [0, 0.05) is 19.3 Å². The van der Waals surface area contributed by atoms with E-state index in [0.717, 1.165) is 19.4 Å². The predicted molar refractivity (Wildman–Crippen MR) is 69.4 cm³/mol. The lowest BCUT2D eigenvalue weighted by molar-refractivity contribution is 0.281. The standard InChI is InChI=1S/C12H19ClN2O2/c1-2-3-4-15(5-6-16)12-11(13)7-10(9-17)8-14-12/h7-8,16-17H,2-6,9H2,1H3. The number of hydrogen-bond acceptors (Lipinski definition) is 4. The molecule has 0 aromatic carbocycles. The number of unbranched alkanes of at least 4 members (excludes halogenated alkanes) is 1. The maximum absolute atomic E-state index is 9.04. The van der Waals surface area contributed by atoms with E-state index in [1.165, 1.54) is 0 Å². The summed E-state index contributed by atoms with van der Waals surface area (Å²) in [7, 11) is 0. The normalized spacial score (nSPS) is 10.6. The van der Waals surface area contributed by atoms with E-state index in [9.17, 15) is 0 Å². The highest BCUT2D eigenvalue weighted by Crippen LogP contribution is 2.24. The zero-order valence-electron chi connectivity index (χ0n) is 10.1. The van der Waals surface area contributed by atoms with Crippen molar-refractivity contribution >= 4 is 17.4 Å². The number of aromatic nitrogens is 1. The van der Waals surface area contributed by atoms with E-state index in [-0.39, 0.29) is 13.2 Å². The Bertz CT molecular complexity index is 347. The van der Waals surface area contributed by atoms with Crippen LogP contribution in [0.4, 0.5) is 5.82 Å². The molecule has 0 unspecified atom stereocenters. The second-order valence-electron chi connectivity index (χ2n) is 3.87. The molecule has 0 saturated heterocycles. The van der Waals surface area contributed by atoms with Gasteiger partial charge in [-0.25, -0.2) is 4.98 Å². The minimum Gasteiger partial charge on any atom is -0.395 e. The molecule has 0 aliphatic heterocycles. The van der Waals surface area contributed by atoms with Crippen molar-refractivity contribution in [3.8, 4) is 0 Å². The quantitative estimate of drug-likeness (QED) is 0.783. The van der Waals surface area contributed by atoms with E-state index in [1.54, 1.807) is 12.3 Å². The van der Waals surface area contributed by atoms with Gasteiger partial charge in [0.25, 0.3) is 0 Å². The van der Waals surface area contributed by atoms with Crippen molar-refractivity contribution in [1.29, 1.82) is 0 Å². The van der Waals surface area contributed by atoms with Gasteiger partial charge in [-0.3, -0.25) is 0 Å². The zero-order chi connectivity index (χ0) is 12.7. The van der Waals surface area contributed by atoms with Crippen LogP contribution in [0.15, 0.2) is 12.3 Å². The number of anilines is 1. The first-order valence-corrected chi connectivity index (χ1v) is 6.21. The summed E-state index contributed by atoms with van der Waals surface area (Å²) in [6.07, 6.45) is 3.71. The van der Waals surface area contributed by atoms with Gasteiger partial charge in [-0.1, -0.05) is 24.9 Å². The third-order valence-electron chi connectivity index (χ3n) is 2.51. The molecule has 0 aliphatic rings. The largest absolute Gasteiger partial charge is 0.395 e. The summed E-state index contributed by atoms with van der Waals surface area (Å²) in [5.41, 5.74) is 0.693. The highest BCUT2D eigenvalue weighted by molar-refractivity contribution is 6.33. The van der Waals surface area contributed by atoms with Crippen LogP contribution in [0.3, 0.4) is 0 Å². The van der Waals surface area contributed by atoms with E-state index in [1.807, 2.05) is 4.90 Å². The number of halogens is 1. The summed E-state index contributed by atoms with van der Waals surface area (Å²) in [6, 6.07) is 1.71. The van der Waals surface area contributed by atoms with Gasteiger partial charge in [0.2, 0.25) is 0 Å². The van der Waals surface area contributed by atoms with Gasteiger partial charge in [0.05, 0.1) is 18.2 Å². The number of hydrogen-bond donors (Lipinski definition) is 2. The Balaban J connectivity index is 2.85. The van der Waals surface area contributed by atoms with E-state index in [4.69, 9.17) is 21.8 Å². The lowest BCUT2D eigenvalue weighted by Crippen LogP contribution is -2.28. The molecule has 0 aliphatic carbocycles. The molecule has 1 rings (SSSR count). The summed E-state index contributed by atoms with van der Waals surface area (Å²) in [6.45, 7) is 3.46. The van der Waals surface area contributed by atoms with Crippen LogP contribution in [0.5, 0.6) is 0 Å². The number of aliphatic hydroxyl groups excluding tert-OH is 2. The molecular weight excluding hydrogens is 240 g/mol. The van der Waals surface area contributed by atoms with E-state index >= 15 is 0 Å². The molecule has 0 saturated carbocycles. The zero-order valence-corrected chi connectivity index (χ0v) is 10.8. The highest BCUT2D eigenvalue weighted by atomic mass is 35.5. The van der Waals surface area contributed by atoms with Crippen molar-refractivity contribution in [2.24, 2.45) is 0 Å². The van der Waals surface area contributed by atoms with Crippen molar-refractivity contribution in [1.82, 2.24) is 4.98 Å². The van der Waals surface area contributed by atoms with E-state index in [0.29, 0.717) is 22.9 Å². The summed E-state index contributed by atoms with van der Waals surface area (Å²) >= 11 is 6.12. The Kier molecular flexibility index (Phi) is 6.26. The van der Waals surface area contributed by atoms with E-state index in [2.05, 4.69) is 11.9 Å². The van der Waals surface area contributed by atoms with Crippen molar-refractivity contribution in [2.75, 3.05) is 24.6 Å². The molecule has 1 heterocycles. The summed E-state index contributed by atoms with van der Waals surface area (Å²) in [4.78, 5) is 6.21. The fourth-order valence-electron chi connectivity index (χ4n) is 1.58. The number of nitrogens with zero attached hydrogens (tertiary/aromatic N) is 2. The van der Waals surface area contributed by atoms with Crippen molar-refractivity contribution in [3.63, 3.8) is 0 Å². The van der Waals surface area contributed by atoms with Gasteiger partial charge in [-0.2, -0.15) is 0 Å². The molecule has 0 atom stereocenters. The molecule has 2 N–H and O–H groups in total. The second-order valence-corrected chi connectivity index (χ2v) is 4.28. The fourth-order valence-corrected chi connectivity index (χ4v) is 1.89. The third kappa shape index (κ3) is 4.15. The van der Waals surface area contributed by atoms with Gasteiger partial charge in [-0.05, 0) is 18.1 Å². The molecule has 0 bridgehead atoms. The molecule has 0 spiro atoms. The van der Waals surface area contributed by atoms with Crippen LogP contribution in [0.25, 0.3) is 0 Å². The minimum absolute atomic E-state index is 0.0675. The Morgan fingerprint density at radius 2 is 2.12 bits per heavy atom. The molecule has 17 heavy (non-hydrogen) atoms. The van der Waals surface area contributed by atoms with Crippen LogP contribution in [0.2, 0.25) is 5.02 Å². The first-order chi connectivity index (χ1) is 8.22. The highest BCUT2D eigenvalue weighted by Gasteiger charge is 2.11. The predicted octanol–water partition coefficient (Wildman–Crippen LogP) is 1.83. The maximum atomic E-state index is 9.04. The van der Waals surface area contributed by atoms with Crippen LogP contribution >= 0.6 is 11.6 Å². The van der Waals surface area contributed by atoms with Crippen LogP contribution in [0, 0.1) is 0 Å². The fraction of sp³-hybridized carbons (Fsp3) is 0.583. The number of rotatable bonds is 7. The molecule has 5 heteroatoms. The molecule has 1 aromatic rings. The van der Waals surface area contributed by atoms with Gasteiger partial charge in [-0.15, -0.1) is 0 Å². The Morgan fingerprint density at radius 3 is 2.65 bits per heavy atom. The van der Waals surface area contributed by atoms with Crippen LogP contribution in [-0.4, -0.2) is 34.9 Å². The minimum atomic E-state index is -0.0675. The monoisotopic (exact) mass is 258 g/mol. The van der Waals surface area contributed by atoms with Crippen LogP contribution in [-0.2, 0) is 6.61 Å². The molecule has 0 radical (unpaired) electrons.